The van der Waals surface area contributed by atoms with Gasteiger partial charge in [-0.15, -0.1) is 15.6 Å². The third-order valence-corrected chi connectivity index (χ3v) is 10.3. The number of thiazole rings is 1. The molecule has 4 atom stereocenters. The second-order valence-electron chi connectivity index (χ2n) is 13.3. The summed E-state index contributed by atoms with van der Waals surface area (Å²) in [6, 6.07) is 4.23. The molecule has 1 saturated heterocycles. The van der Waals surface area contributed by atoms with Crippen LogP contribution in [-0.4, -0.2) is 86.4 Å². The van der Waals surface area contributed by atoms with Crippen LogP contribution < -0.4 is 26.1 Å². The number of carbonyl (C=O) groups excluding carboxylic acids is 2. The number of rotatable bonds is 14. The number of β-lactam (4-membered cyclic amide) rings is 1. The molecule has 3 aromatic rings. The summed E-state index contributed by atoms with van der Waals surface area (Å²) in [7, 11) is -3.09. The first-order valence-corrected chi connectivity index (χ1v) is 18.5. The molecule has 1 unspecified atom stereocenters. The van der Waals surface area contributed by atoms with Crippen LogP contribution >= 0.6 is 11.3 Å². The van der Waals surface area contributed by atoms with Crippen LogP contribution in [0.5, 0.6) is 5.75 Å². The molecule has 1 fully saturated rings. The van der Waals surface area contributed by atoms with Crippen molar-refractivity contribution in [2.75, 3.05) is 12.3 Å². The average Bonchev–Trinajstić information content (AvgIpc) is 3.53. The molecule has 0 saturated carbocycles. The fraction of sp³-hybridized carbons (Fsp3) is 0.469. The molecular weight excluding hydrogens is 721 g/mol. The van der Waals surface area contributed by atoms with Gasteiger partial charge in [0.1, 0.15) is 23.7 Å². The lowest BCUT2D eigenvalue weighted by molar-refractivity contribution is -0.682. The molecule has 18 nitrogen and oxygen atoms in total. The predicted molar refractivity (Wildman–Crippen MR) is 186 cm³/mol. The number of hydrogen-bond donors (Lipinski definition) is 5. The highest BCUT2D eigenvalue weighted by molar-refractivity contribution is 7.80. The number of carboxylic acids is 1. The quantitative estimate of drug-likeness (QED) is 0.0504. The van der Waals surface area contributed by atoms with Crippen molar-refractivity contribution in [1.29, 1.82) is 0 Å². The Morgan fingerprint density at radius 1 is 1.33 bits per heavy atom. The van der Waals surface area contributed by atoms with Crippen LogP contribution in [0.1, 0.15) is 57.6 Å². The van der Waals surface area contributed by atoms with Crippen LogP contribution in [0.4, 0.5) is 5.13 Å². The van der Waals surface area contributed by atoms with E-state index in [0.29, 0.717) is 29.7 Å². The summed E-state index contributed by atoms with van der Waals surface area (Å²) in [6.07, 6.45) is 5.15. The van der Waals surface area contributed by atoms with Crippen molar-refractivity contribution in [2.24, 2.45) is 23.9 Å². The summed E-state index contributed by atoms with van der Waals surface area (Å²) in [5, 5.41) is 18.5. The van der Waals surface area contributed by atoms with Crippen LogP contribution in [0.15, 0.2) is 41.1 Å². The zero-order valence-electron chi connectivity index (χ0n) is 29.1. The fourth-order valence-corrected chi connectivity index (χ4v) is 6.90. The molecule has 52 heavy (non-hydrogen) atoms. The molecule has 2 amide bonds. The number of nitrogens with one attached hydrogen (secondary N) is 1. The van der Waals surface area contributed by atoms with E-state index in [1.165, 1.54) is 26.2 Å². The summed E-state index contributed by atoms with van der Waals surface area (Å²) in [4.78, 5) is 53.2. The number of aliphatic carboxylic acids is 1. The zero-order chi connectivity index (χ0) is 38.2. The molecule has 0 bridgehead atoms. The third kappa shape index (κ3) is 7.84. The van der Waals surface area contributed by atoms with Gasteiger partial charge in [-0.2, -0.15) is 13.5 Å². The van der Waals surface area contributed by atoms with E-state index >= 15 is 0 Å². The predicted octanol–water partition coefficient (Wildman–Crippen LogP) is 0.937. The van der Waals surface area contributed by atoms with Gasteiger partial charge in [-0.3, -0.25) is 14.1 Å². The Morgan fingerprint density at radius 2 is 2.06 bits per heavy atom. The Bertz CT molecular complexity index is 2020. The molecule has 280 valence electrons. The van der Waals surface area contributed by atoms with Crippen LogP contribution in [0.2, 0.25) is 0 Å². The highest BCUT2D eigenvalue weighted by Gasteiger charge is 2.58. The summed E-state index contributed by atoms with van der Waals surface area (Å²) in [5.41, 5.74) is 10.2. The Morgan fingerprint density at radius 3 is 2.63 bits per heavy atom. The van der Waals surface area contributed by atoms with Gasteiger partial charge in [-0.25, -0.2) is 14.3 Å². The second-order valence-corrected chi connectivity index (χ2v) is 15.2. The molecule has 2 aliphatic heterocycles. The highest BCUT2D eigenvalue weighted by Crippen LogP contribution is 2.37. The Labute approximate surface area is 303 Å². The maximum absolute atomic E-state index is 13.5. The van der Waals surface area contributed by atoms with Crippen molar-refractivity contribution in [1.82, 2.24) is 20.3 Å². The first-order chi connectivity index (χ1) is 24.4. The van der Waals surface area contributed by atoms with Gasteiger partial charge in [0.25, 0.3) is 23.2 Å². The van der Waals surface area contributed by atoms with Gasteiger partial charge in [0.15, 0.2) is 23.1 Å². The topological polar surface area (TPSA) is 263 Å². The molecule has 4 heterocycles. The smallest absolute Gasteiger partial charge is 0.418 e. The van der Waals surface area contributed by atoms with Crippen LogP contribution in [0, 0.1) is 5.92 Å². The van der Waals surface area contributed by atoms with Gasteiger partial charge >= 0.3 is 16.4 Å². The number of carboxylic acid groups (broad SMARTS) is 1. The summed E-state index contributed by atoms with van der Waals surface area (Å²) >= 11 is 0.970. The molecule has 7 N–H and O–H groups in total. The van der Waals surface area contributed by atoms with Gasteiger partial charge in [-0.05, 0) is 69.3 Å². The molecule has 0 aliphatic carbocycles. The van der Waals surface area contributed by atoms with E-state index < -0.39 is 57.2 Å². The molecular formula is C32H41N8O10S2+. The van der Waals surface area contributed by atoms with Crippen LogP contribution in [0.3, 0.4) is 0 Å². The molecule has 2 aromatic heterocycles. The minimum Gasteiger partial charge on any atom is -0.485 e. The van der Waals surface area contributed by atoms with Crippen LogP contribution in [0.25, 0.3) is 11.1 Å². The Kier molecular flexibility index (Phi) is 10.9. The fourth-order valence-electron chi connectivity index (χ4n) is 5.90. The van der Waals surface area contributed by atoms with Crippen molar-refractivity contribution in [2.45, 2.75) is 76.7 Å². The number of ether oxygens (including phenoxy) is 1. The first kappa shape index (κ1) is 38.5. The van der Waals surface area contributed by atoms with E-state index in [1.807, 2.05) is 36.1 Å². The van der Waals surface area contributed by atoms with E-state index in [1.54, 1.807) is 6.07 Å². The largest absolute Gasteiger partial charge is 0.485 e. The zero-order valence-corrected chi connectivity index (χ0v) is 30.7. The number of hydroxylamine groups is 2. The third-order valence-electron chi connectivity index (χ3n) is 9.28. The van der Waals surface area contributed by atoms with Crippen molar-refractivity contribution in [3.63, 3.8) is 0 Å². The summed E-state index contributed by atoms with van der Waals surface area (Å²) in [6.45, 7) is 6.70. The van der Waals surface area contributed by atoms with Crippen molar-refractivity contribution >= 4 is 50.4 Å². The number of benzene rings is 1. The number of anilines is 1. The second kappa shape index (κ2) is 14.7. The number of oxime groups is 1. The number of nitrogens with zero attached hydrogens (tertiary/aromatic N) is 5. The Balaban J connectivity index is 1.35. The number of nitrogen functional groups attached to an aromatic ring is 1. The lowest BCUT2D eigenvalue weighted by Gasteiger charge is -2.50. The van der Waals surface area contributed by atoms with E-state index in [0.717, 1.165) is 46.7 Å². The maximum Gasteiger partial charge on any atom is 0.418 e. The lowest BCUT2D eigenvalue weighted by Crippen LogP contribution is -2.76. The first-order valence-electron chi connectivity index (χ1n) is 16.2. The monoisotopic (exact) mass is 761 g/mol. The standard InChI is InChI=1S/C32H40N8O10S2/c1-6-17(13-33)11-24-35-14-20(15-39(24)5)18-7-9-22-19(12-18)8-10-23(48-22)32(4,29(43)44)49-38-25(21-16-51-30(34)36-21)27(41)37-26-28(42)40(31(26,2)3)50-52(45,46)47/h7,9,12,14-17,23,26H,6,8,10-11,13,33H2,1-5H3,(H4-,34,36,37,41,43,44,45,46,47)/p+1/b38-25-/t17?,23-,26-,32+/m1/s1. The molecule has 0 radical (unpaired) electrons. The minimum atomic E-state index is -5.03. The minimum absolute atomic E-state index is 0.0630. The van der Waals surface area contributed by atoms with Crippen LogP contribution in [-0.2, 0) is 53.8 Å². The molecule has 0 spiro atoms. The van der Waals surface area contributed by atoms with E-state index in [4.69, 9.17) is 25.6 Å². The average molecular weight is 762 g/mol. The van der Waals surface area contributed by atoms with Crippen molar-refractivity contribution < 1.29 is 50.9 Å². The van der Waals surface area contributed by atoms with E-state index in [-0.39, 0.29) is 17.2 Å². The number of nitrogens with two attached hydrogens (primary N) is 2. The number of carbonyl (C=O) groups is 3. The number of fused-ring (bicyclic) bond motifs is 1. The SMILES string of the molecule is CCC(CN)Cc1ncc(-c2ccc3c(c2)CC[C@H]([C@](C)(O/N=C(\C(=O)N[C@@H]2C(=O)N(OS(=O)(=O)O)C2(C)C)c2csc(N)n2)C(=O)O)O3)c[n+]1C. The van der Waals surface area contributed by atoms with Gasteiger partial charge in [0, 0.05) is 5.38 Å². The number of aryl methyl sites for hydroxylation is 2. The number of aromatic nitrogens is 3. The molecule has 2 aliphatic rings. The van der Waals surface area contributed by atoms with Gasteiger partial charge in [0.05, 0.1) is 24.6 Å². The van der Waals surface area contributed by atoms with Gasteiger partial charge in [-0.1, -0.05) is 29.6 Å². The van der Waals surface area contributed by atoms with Gasteiger partial charge in [0.2, 0.25) is 0 Å². The van der Waals surface area contributed by atoms with Crippen molar-refractivity contribution in [3.05, 3.63) is 53.1 Å². The maximum atomic E-state index is 13.5. The molecule has 5 rings (SSSR count). The highest BCUT2D eigenvalue weighted by atomic mass is 32.3. The number of amides is 2. The number of hydrogen-bond acceptors (Lipinski definition) is 14. The summed E-state index contributed by atoms with van der Waals surface area (Å²) < 4.78 is 43.9. The summed E-state index contributed by atoms with van der Waals surface area (Å²) in [5.74, 6) is -1.71. The van der Waals surface area contributed by atoms with E-state index in [9.17, 15) is 27.9 Å². The van der Waals surface area contributed by atoms with E-state index in [2.05, 4.69) is 31.6 Å². The Hall–Kier alpha value is -4.76. The van der Waals surface area contributed by atoms with Crippen molar-refractivity contribution in [3.8, 4) is 16.9 Å². The lowest BCUT2D eigenvalue weighted by atomic mass is 9.84. The molecule has 20 heteroatoms. The van der Waals surface area contributed by atoms with Gasteiger partial charge < -0.3 is 31.5 Å². The molecule has 1 aromatic carbocycles. The normalized spacial score (nSPS) is 20.2.